The summed E-state index contributed by atoms with van der Waals surface area (Å²) in [5.41, 5.74) is 4.48. The van der Waals surface area contributed by atoms with Crippen molar-refractivity contribution in [1.82, 2.24) is 4.90 Å². The maximum absolute atomic E-state index is 13.5. The van der Waals surface area contributed by atoms with Crippen molar-refractivity contribution in [1.29, 1.82) is 0 Å². The first-order valence-electron chi connectivity index (χ1n) is 17.7. The summed E-state index contributed by atoms with van der Waals surface area (Å²) in [6, 6.07) is 39.2. The molecule has 2 heterocycles. The molecule has 0 spiro atoms. The topological polar surface area (TPSA) is 110 Å². The van der Waals surface area contributed by atoms with Crippen molar-refractivity contribution in [2.75, 3.05) is 11.9 Å². The second-order valence-corrected chi connectivity index (χ2v) is 14.1. The van der Waals surface area contributed by atoms with Crippen LogP contribution in [0.5, 0.6) is 23.0 Å². The standard InChI is InChI=1S/C46H34N2O7/c1-27-5-15-33(16-6-27)54-34-17-9-30(10-18-34)46(2,3)31-11-19-35(20-12-31)55-36-21-13-32(14-22-36)48-44(52)38-24-8-29(26-40(38)45(48)53)41(49)28-7-23-37-39(25-28)43(51)47(4)42(37)50/h5-26H,1-4H3. The van der Waals surface area contributed by atoms with Gasteiger partial charge in [-0.15, -0.1) is 0 Å². The van der Waals surface area contributed by atoms with E-state index in [0.29, 0.717) is 17.2 Å². The average molecular weight is 727 g/mol. The SMILES string of the molecule is Cc1ccc(Oc2ccc(C(C)(C)c3ccc(Oc4ccc(N5C(=O)c6ccc(C(=O)c7ccc8c(c7)C(=O)N(C)C8=O)cc6C5=O)cc4)cc3)cc2)cc1. The summed E-state index contributed by atoms with van der Waals surface area (Å²) in [5, 5.41) is 0. The van der Waals surface area contributed by atoms with Crippen LogP contribution in [0.3, 0.4) is 0 Å². The number of nitrogens with zero attached hydrogens (tertiary/aromatic N) is 2. The minimum atomic E-state index is -0.564. The summed E-state index contributed by atoms with van der Waals surface area (Å²) in [6.45, 7) is 6.37. The number of rotatable bonds is 9. The van der Waals surface area contributed by atoms with Crippen LogP contribution in [-0.2, 0) is 5.41 Å². The lowest BCUT2D eigenvalue weighted by Crippen LogP contribution is -2.29. The molecule has 55 heavy (non-hydrogen) atoms. The molecule has 8 rings (SSSR count). The molecule has 270 valence electrons. The van der Waals surface area contributed by atoms with Gasteiger partial charge in [0, 0.05) is 23.6 Å². The highest BCUT2D eigenvalue weighted by Gasteiger charge is 2.38. The molecule has 6 aromatic carbocycles. The number of amides is 4. The van der Waals surface area contributed by atoms with Gasteiger partial charge in [0.25, 0.3) is 23.6 Å². The van der Waals surface area contributed by atoms with Crippen molar-refractivity contribution in [2.24, 2.45) is 0 Å². The van der Waals surface area contributed by atoms with Crippen LogP contribution in [0.25, 0.3) is 0 Å². The number of fused-ring (bicyclic) bond motifs is 2. The van der Waals surface area contributed by atoms with E-state index in [0.717, 1.165) is 32.4 Å². The number of imide groups is 2. The molecule has 6 aromatic rings. The van der Waals surface area contributed by atoms with Crippen molar-refractivity contribution in [3.63, 3.8) is 0 Å². The number of carbonyl (C=O) groups is 5. The Morgan fingerprint density at radius 1 is 0.491 bits per heavy atom. The van der Waals surface area contributed by atoms with Crippen molar-refractivity contribution < 1.29 is 33.4 Å². The predicted molar refractivity (Wildman–Crippen MR) is 207 cm³/mol. The summed E-state index contributed by atoms with van der Waals surface area (Å²) >= 11 is 0. The van der Waals surface area contributed by atoms with Crippen LogP contribution in [-0.4, -0.2) is 41.4 Å². The fourth-order valence-corrected chi connectivity index (χ4v) is 6.87. The van der Waals surface area contributed by atoms with Gasteiger partial charge < -0.3 is 9.47 Å². The Morgan fingerprint density at radius 3 is 1.36 bits per heavy atom. The molecule has 0 bridgehead atoms. The van der Waals surface area contributed by atoms with Crippen LogP contribution < -0.4 is 14.4 Å². The monoisotopic (exact) mass is 726 g/mol. The highest BCUT2D eigenvalue weighted by atomic mass is 16.5. The zero-order valence-electron chi connectivity index (χ0n) is 30.5. The predicted octanol–water partition coefficient (Wildman–Crippen LogP) is 9.16. The summed E-state index contributed by atoms with van der Waals surface area (Å²) in [7, 11) is 1.38. The molecule has 0 saturated carbocycles. The highest BCUT2D eigenvalue weighted by molar-refractivity contribution is 6.35. The van der Waals surface area contributed by atoms with Gasteiger partial charge in [-0.25, -0.2) is 4.90 Å². The molecule has 0 atom stereocenters. The quantitative estimate of drug-likeness (QED) is 0.108. The van der Waals surface area contributed by atoms with E-state index in [1.54, 1.807) is 24.3 Å². The van der Waals surface area contributed by atoms with Gasteiger partial charge in [-0.2, -0.15) is 0 Å². The molecular formula is C46H34N2O7. The molecule has 0 aromatic heterocycles. The summed E-state index contributed by atoms with van der Waals surface area (Å²) in [6.07, 6.45) is 0. The highest BCUT2D eigenvalue weighted by Crippen LogP contribution is 2.36. The van der Waals surface area contributed by atoms with Gasteiger partial charge in [-0.1, -0.05) is 67.9 Å². The van der Waals surface area contributed by atoms with E-state index < -0.39 is 29.4 Å². The molecule has 0 aliphatic carbocycles. The molecule has 9 nitrogen and oxygen atoms in total. The maximum Gasteiger partial charge on any atom is 0.266 e. The van der Waals surface area contributed by atoms with Crippen molar-refractivity contribution in [3.05, 3.63) is 184 Å². The largest absolute Gasteiger partial charge is 0.457 e. The van der Waals surface area contributed by atoms with Crippen LogP contribution in [0, 0.1) is 6.92 Å². The Bertz CT molecular complexity index is 2560. The molecule has 0 fully saturated rings. The zero-order chi connectivity index (χ0) is 38.6. The molecule has 0 radical (unpaired) electrons. The third-order valence-electron chi connectivity index (χ3n) is 10.2. The van der Waals surface area contributed by atoms with E-state index in [1.165, 1.54) is 49.0 Å². The van der Waals surface area contributed by atoms with Crippen LogP contribution in [0.1, 0.15) is 87.9 Å². The summed E-state index contributed by atoms with van der Waals surface area (Å²) in [4.78, 5) is 67.1. The zero-order valence-corrected chi connectivity index (χ0v) is 30.5. The van der Waals surface area contributed by atoms with Gasteiger partial charge in [0.1, 0.15) is 23.0 Å². The lowest BCUT2D eigenvalue weighted by Gasteiger charge is -2.26. The van der Waals surface area contributed by atoms with E-state index in [-0.39, 0.29) is 38.8 Å². The van der Waals surface area contributed by atoms with Gasteiger partial charge in [-0.05, 0) is 103 Å². The van der Waals surface area contributed by atoms with E-state index >= 15 is 0 Å². The molecule has 2 aliphatic heterocycles. The lowest BCUT2D eigenvalue weighted by atomic mass is 9.78. The molecule has 0 saturated heterocycles. The number of hydrogen-bond donors (Lipinski definition) is 0. The van der Waals surface area contributed by atoms with Crippen LogP contribution in [0.15, 0.2) is 133 Å². The van der Waals surface area contributed by atoms with Crippen molar-refractivity contribution in [3.8, 4) is 23.0 Å². The second kappa shape index (κ2) is 13.4. The number of ether oxygens (including phenoxy) is 2. The van der Waals surface area contributed by atoms with Crippen LogP contribution in [0.2, 0.25) is 0 Å². The molecule has 2 aliphatic rings. The fraction of sp³-hybridized carbons (Fsp3) is 0.109. The Labute approximate surface area is 317 Å². The van der Waals surface area contributed by atoms with Gasteiger partial charge in [0.05, 0.1) is 27.9 Å². The van der Waals surface area contributed by atoms with Gasteiger partial charge in [0.2, 0.25) is 0 Å². The summed E-state index contributed by atoms with van der Waals surface area (Å²) in [5.74, 6) is 0.256. The van der Waals surface area contributed by atoms with E-state index in [2.05, 4.69) is 26.0 Å². The Balaban J connectivity index is 0.927. The number of ketones is 1. The molecular weight excluding hydrogens is 693 g/mol. The van der Waals surface area contributed by atoms with Gasteiger partial charge >= 0.3 is 0 Å². The first-order chi connectivity index (χ1) is 26.4. The smallest absolute Gasteiger partial charge is 0.266 e. The third kappa shape index (κ3) is 6.25. The fourth-order valence-electron chi connectivity index (χ4n) is 6.87. The van der Waals surface area contributed by atoms with E-state index in [1.807, 2.05) is 67.6 Å². The number of benzene rings is 6. The lowest BCUT2D eigenvalue weighted by molar-refractivity contribution is 0.0692. The van der Waals surface area contributed by atoms with E-state index in [4.69, 9.17) is 9.47 Å². The van der Waals surface area contributed by atoms with Crippen LogP contribution >= 0.6 is 0 Å². The van der Waals surface area contributed by atoms with Gasteiger partial charge in [0.15, 0.2) is 5.78 Å². The molecule has 0 unspecified atom stereocenters. The Kier molecular flexibility index (Phi) is 8.49. The minimum absolute atomic E-state index is 0.0952. The van der Waals surface area contributed by atoms with Crippen molar-refractivity contribution in [2.45, 2.75) is 26.2 Å². The van der Waals surface area contributed by atoms with Gasteiger partial charge in [-0.3, -0.25) is 28.9 Å². The number of carbonyl (C=O) groups excluding carboxylic acids is 5. The normalized spacial score (nSPS) is 13.6. The molecule has 0 N–H and O–H groups in total. The first kappa shape index (κ1) is 34.9. The second-order valence-electron chi connectivity index (χ2n) is 14.1. The average Bonchev–Trinajstić information content (AvgIpc) is 3.58. The maximum atomic E-state index is 13.5. The van der Waals surface area contributed by atoms with Crippen LogP contribution in [0.4, 0.5) is 5.69 Å². The Morgan fingerprint density at radius 2 is 0.873 bits per heavy atom. The number of hydrogen-bond acceptors (Lipinski definition) is 7. The first-order valence-corrected chi connectivity index (χ1v) is 17.7. The third-order valence-corrected chi connectivity index (χ3v) is 10.2. The minimum Gasteiger partial charge on any atom is -0.457 e. The molecule has 4 amide bonds. The summed E-state index contributed by atoms with van der Waals surface area (Å²) < 4.78 is 12.1. The van der Waals surface area contributed by atoms with E-state index in [9.17, 15) is 24.0 Å². The van der Waals surface area contributed by atoms with Crippen molar-refractivity contribution >= 4 is 35.1 Å². The number of aryl methyl sites for hydroxylation is 1. The molecule has 9 heteroatoms. The number of anilines is 1. The Hall–Kier alpha value is -7.13.